The molecule has 5 atom stereocenters. The van der Waals surface area contributed by atoms with Crippen molar-refractivity contribution in [2.75, 3.05) is 0 Å². The molecule has 100 valence electrons. The highest BCUT2D eigenvalue weighted by Gasteiger charge is 2.70. The number of alkyl halides is 2. The van der Waals surface area contributed by atoms with Gasteiger partial charge >= 0.3 is 17.9 Å². The zero-order valence-electron chi connectivity index (χ0n) is 10.1. The molecule has 2 saturated carbocycles. The van der Waals surface area contributed by atoms with E-state index in [4.69, 9.17) is 9.47 Å². The summed E-state index contributed by atoms with van der Waals surface area (Å²) in [4.78, 5) is 22.9. The molecule has 3 rings (SSSR count). The molecule has 1 aliphatic heterocycles. The molecule has 3 fully saturated rings. The summed E-state index contributed by atoms with van der Waals surface area (Å²) in [6, 6.07) is 0. The van der Waals surface area contributed by atoms with E-state index >= 15 is 0 Å². The van der Waals surface area contributed by atoms with Crippen LogP contribution in [0.2, 0.25) is 0 Å². The SMILES string of the molecule is CC(F)(F)C(=O)OC1C2CC3C(=O)OC1(C)C3C2. The highest BCUT2D eigenvalue weighted by molar-refractivity contribution is 5.79. The average molecular weight is 260 g/mol. The van der Waals surface area contributed by atoms with Crippen LogP contribution >= 0.6 is 0 Å². The summed E-state index contributed by atoms with van der Waals surface area (Å²) in [5, 5.41) is 0. The first-order valence-corrected chi connectivity index (χ1v) is 6.05. The average Bonchev–Trinajstić information content (AvgIpc) is 2.80. The zero-order valence-corrected chi connectivity index (χ0v) is 10.1. The van der Waals surface area contributed by atoms with E-state index in [2.05, 4.69) is 0 Å². The molecule has 0 aromatic heterocycles. The van der Waals surface area contributed by atoms with Crippen molar-refractivity contribution in [3.8, 4) is 0 Å². The van der Waals surface area contributed by atoms with Crippen LogP contribution in [0.15, 0.2) is 0 Å². The fraction of sp³-hybridized carbons (Fsp3) is 0.833. The molecular weight excluding hydrogens is 246 g/mol. The number of hydrogen-bond donors (Lipinski definition) is 0. The molecule has 0 aromatic carbocycles. The van der Waals surface area contributed by atoms with Gasteiger partial charge < -0.3 is 9.47 Å². The molecule has 5 unspecified atom stereocenters. The van der Waals surface area contributed by atoms with E-state index in [1.807, 2.05) is 0 Å². The first kappa shape index (κ1) is 11.9. The van der Waals surface area contributed by atoms with Gasteiger partial charge in [-0.2, -0.15) is 8.78 Å². The fourth-order valence-electron chi connectivity index (χ4n) is 3.76. The molecule has 2 bridgehead atoms. The summed E-state index contributed by atoms with van der Waals surface area (Å²) < 4.78 is 36.0. The molecule has 0 radical (unpaired) electrons. The largest absolute Gasteiger partial charge is 0.455 e. The minimum atomic E-state index is -3.51. The topological polar surface area (TPSA) is 52.6 Å². The second-order valence-electron chi connectivity index (χ2n) is 5.76. The molecule has 0 amide bonds. The van der Waals surface area contributed by atoms with Crippen molar-refractivity contribution in [2.24, 2.45) is 17.8 Å². The number of ether oxygens (including phenoxy) is 2. The standard InChI is InChI=1S/C12H14F2O4/c1-11-7-4-5(3-6(7)9(15)18-11)8(11)17-10(16)12(2,13)14/h5-8H,3-4H2,1-2H3. The number of fused-ring (bicyclic) bond motifs is 1. The van der Waals surface area contributed by atoms with Gasteiger partial charge in [-0.05, 0) is 19.8 Å². The third kappa shape index (κ3) is 1.34. The Bertz CT molecular complexity index is 430. The maximum Gasteiger partial charge on any atom is 0.377 e. The van der Waals surface area contributed by atoms with Gasteiger partial charge in [0.05, 0.1) is 5.92 Å². The van der Waals surface area contributed by atoms with Crippen LogP contribution in [0.3, 0.4) is 0 Å². The number of hydrogen-bond acceptors (Lipinski definition) is 4. The van der Waals surface area contributed by atoms with E-state index in [1.165, 1.54) is 0 Å². The third-order valence-corrected chi connectivity index (χ3v) is 4.54. The highest BCUT2D eigenvalue weighted by Crippen LogP contribution is 2.61. The maximum absolute atomic E-state index is 12.9. The van der Waals surface area contributed by atoms with E-state index < -0.39 is 23.6 Å². The second kappa shape index (κ2) is 3.22. The van der Waals surface area contributed by atoms with Crippen LogP contribution in [0.5, 0.6) is 0 Å². The Kier molecular flexibility index (Phi) is 2.12. The van der Waals surface area contributed by atoms with E-state index in [0.29, 0.717) is 19.8 Å². The molecule has 1 saturated heterocycles. The van der Waals surface area contributed by atoms with Crippen LogP contribution < -0.4 is 0 Å². The fourth-order valence-corrected chi connectivity index (χ4v) is 3.76. The molecule has 2 aliphatic carbocycles. The minimum absolute atomic E-state index is 0.00159. The van der Waals surface area contributed by atoms with Crippen LogP contribution in [0.1, 0.15) is 26.7 Å². The lowest BCUT2D eigenvalue weighted by Gasteiger charge is -2.34. The van der Waals surface area contributed by atoms with Gasteiger partial charge in [-0.1, -0.05) is 0 Å². The van der Waals surface area contributed by atoms with E-state index in [1.54, 1.807) is 6.92 Å². The first-order valence-electron chi connectivity index (χ1n) is 6.05. The van der Waals surface area contributed by atoms with Gasteiger partial charge in [-0.15, -0.1) is 0 Å². The lowest BCUT2D eigenvalue weighted by Crippen LogP contribution is -2.48. The summed E-state index contributed by atoms with van der Waals surface area (Å²) in [6.45, 7) is 2.19. The maximum atomic E-state index is 12.9. The normalized spacial score (nSPS) is 45.2. The van der Waals surface area contributed by atoms with Crippen molar-refractivity contribution in [2.45, 2.75) is 44.3 Å². The van der Waals surface area contributed by atoms with Gasteiger partial charge in [0.1, 0.15) is 11.7 Å². The van der Waals surface area contributed by atoms with Crippen LogP contribution in [0, 0.1) is 17.8 Å². The summed E-state index contributed by atoms with van der Waals surface area (Å²) in [7, 11) is 0. The highest BCUT2D eigenvalue weighted by atomic mass is 19.3. The molecule has 0 aromatic rings. The van der Waals surface area contributed by atoms with Crippen LogP contribution in [0.25, 0.3) is 0 Å². The molecule has 18 heavy (non-hydrogen) atoms. The van der Waals surface area contributed by atoms with Crippen molar-refractivity contribution >= 4 is 11.9 Å². The quantitative estimate of drug-likeness (QED) is 0.706. The van der Waals surface area contributed by atoms with Gasteiger partial charge in [-0.3, -0.25) is 4.79 Å². The number of carbonyl (C=O) groups is 2. The summed E-state index contributed by atoms with van der Waals surface area (Å²) in [5.74, 6) is -5.52. The lowest BCUT2D eigenvalue weighted by molar-refractivity contribution is -0.192. The predicted molar refractivity (Wildman–Crippen MR) is 54.7 cm³/mol. The van der Waals surface area contributed by atoms with Crippen LogP contribution in [-0.2, 0) is 19.1 Å². The Morgan fingerprint density at radius 1 is 1.50 bits per heavy atom. The summed E-state index contributed by atoms with van der Waals surface area (Å²) in [5.41, 5.74) is -0.911. The molecule has 0 spiro atoms. The number of esters is 2. The van der Waals surface area contributed by atoms with Crippen LogP contribution in [0.4, 0.5) is 8.78 Å². The van der Waals surface area contributed by atoms with Gasteiger partial charge in [0, 0.05) is 18.8 Å². The molecular formula is C12H14F2O4. The monoisotopic (exact) mass is 260 g/mol. The van der Waals surface area contributed by atoms with Crippen molar-refractivity contribution in [3.63, 3.8) is 0 Å². The van der Waals surface area contributed by atoms with E-state index in [9.17, 15) is 18.4 Å². The molecule has 0 N–H and O–H groups in total. The van der Waals surface area contributed by atoms with E-state index in [-0.39, 0.29) is 23.7 Å². The first-order chi connectivity index (χ1) is 8.23. The van der Waals surface area contributed by atoms with Gasteiger partial charge in [-0.25, -0.2) is 4.79 Å². The smallest absolute Gasteiger partial charge is 0.377 e. The van der Waals surface area contributed by atoms with Crippen LogP contribution in [-0.4, -0.2) is 29.6 Å². The van der Waals surface area contributed by atoms with Crippen molar-refractivity contribution in [1.82, 2.24) is 0 Å². The Labute approximate surface area is 103 Å². The number of rotatable bonds is 2. The van der Waals surface area contributed by atoms with Gasteiger partial charge in [0.25, 0.3) is 0 Å². The van der Waals surface area contributed by atoms with Crippen molar-refractivity contribution < 1.29 is 27.8 Å². The Balaban J connectivity index is 1.83. The Morgan fingerprint density at radius 2 is 2.17 bits per heavy atom. The Hall–Kier alpha value is -1.20. The van der Waals surface area contributed by atoms with Gasteiger partial charge in [0.2, 0.25) is 0 Å². The number of halogens is 2. The van der Waals surface area contributed by atoms with Crippen molar-refractivity contribution in [3.05, 3.63) is 0 Å². The molecule has 3 aliphatic rings. The third-order valence-electron chi connectivity index (χ3n) is 4.54. The lowest BCUT2D eigenvalue weighted by atomic mass is 9.79. The second-order valence-corrected chi connectivity index (χ2v) is 5.76. The molecule has 6 heteroatoms. The van der Waals surface area contributed by atoms with Gasteiger partial charge in [0.15, 0.2) is 0 Å². The summed E-state index contributed by atoms with van der Waals surface area (Å²) in [6.07, 6.45) is 0.551. The molecule has 1 heterocycles. The predicted octanol–water partition coefficient (Wildman–Crippen LogP) is 1.52. The van der Waals surface area contributed by atoms with Crippen molar-refractivity contribution in [1.29, 1.82) is 0 Å². The molecule has 4 nitrogen and oxygen atoms in total. The number of carbonyl (C=O) groups excluding carboxylic acids is 2. The zero-order chi connectivity index (χ0) is 13.3. The van der Waals surface area contributed by atoms with E-state index in [0.717, 1.165) is 0 Å². The minimum Gasteiger partial charge on any atom is -0.455 e. The summed E-state index contributed by atoms with van der Waals surface area (Å²) >= 11 is 0. The Morgan fingerprint density at radius 3 is 2.78 bits per heavy atom.